The molecule has 4 rings (SSSR count). The third kappa shape index (κ3) is 3.25. The molecular weight excluding hydrogens is 358 g/mol. The van der Waals surface area contributed by atoms with Crippen LogP contribution in [0.1, 0.15) is 10.4 Å². The summed E-state index contributed by atoms with van der Waals surface area (Å²) in [6.45, 7) is 0.815. The van der Waals surface area contributed by atoms with Crippen molar-refractivity contribution in [2.45, 2.75) is 6.04 Å². The van der Waals surface area contributed by atoms with Crippen LogP contribution in [0.15, 0.2) is 48.5 Å². The lowest BCUT2D eigenvalue weighted by atomic mass is 10.0. The molecule has 2 aromatic carbocycles. The number of carbonyl (C=O) groups is 3. The summed E-state index contributed by atoms with van der Waals surface area (Å²) in [5, 5.41) is 2.85. The average Bonchev–Trinajstić information content (AvgIpc) is 2.83. The summed E-state index contributed by atoms with van der Waals surface area (Å²) in [6, 6.07) is 14.5. The van der Waals surface area contributed by atoms with Gasteiger partial charge in [-0.1, -0.05) is 36.4 Å². The Balaban J connectivity index is 1.65. The van der Waals surface area contributed by atoms with Crippen LogP contribution in [-0.2, 0) is 14.3 Å². The Morgan fingerprint density at radius 1 is 1.11 bits per heavy atom. The minimum absolute atomic E-state index is 0.0387. The normalized spacial score (nSPS) is 18.8. The molecule has 2 aliphatic rings. The number of nitrogens with one attached hydrogen (secondary N) is 1. The third-order valence-corrected chi connectivity index (χ3v) is 5.18. The molecule has 0 radical (unpaired) electrons. The second-order valence-corrected chi connectivity index (χ2v) is 6.90. The topological polar surface area (TPSA) is 79.0 Å². The third-order valence-electron chi connectivity index (χ3n) is 5.18. The van der Waals surface area contributed by atoms with E-state index in [0.29, 0.717) is 24.3 Å². The number of benzene rings is 2. The number of rotatable bonds is 3. The van der Waals surface area contributed by atoms with Crippen molar-refractivity contribution in [3.05, 3.63) is 54.1 Å². The van der Waals surface area contributed by atoms with Gasteiger partial charge in [0.15, 0.2) is 0 Å². The molecule has 0 unspecified atom stereocenters. The second kappa shape index (κ2) is 7.44. The number of hydrogen-bond acceptors (Lipinski definition) is 4. The van der Waals surface area contributed by atoms with Crippen LogP contribution >= 0.6 is 0 Å². The minimum atomic E-state index is -0.713. The first-order valence-corrected chi connectivity index (χ1v) is 9.16. The van der Waals surface area contributed by atoms with E-state index in [4.69, 9.17) is 4.74 Å². The zero-order valence-electron chi connectivity index (χ0n) is 15.6. The van der Waals surface area contributed by atoms with Gasteiger partial charge in [-0.3, -0.25) is 14.4 Å². The number of ether oxygens (including phenoxy) is 1. The highest BCUT2D eigenvalue weighted by atomic mass is 16.5. The molecule has 2 aliphatic heterocycles. The highest BCUT2D eigenvalue weighted by Crippen LogP contribution is 2.30. The number of methoxy groups -OCH3 is 1. The van der Waals surface area contributed by atoms with Crippen LogP contribution < -0.4 is 5.32 Å². The maximum atomic E-state index is 13.2. The molecule has 1 fully saturated rings. The van der Waals surface area contributed by atoms with Crippen LogP contribution in [0.4, 0.5) is 5.69 Å². The molecule has 28 heavy (non-hydrogen) atoms. The molecule has 2 heterocycles. The Bertz CT molecular complexity index is 929. The van der Waals surface area contributed by atoms with Gasteiger partial charge >= 0.3 is 0 Å². The fourth-order valence-electron chi connectivity index (χ4n) is 3.70. The standard InChI is InChI=1S/C21H21N3O4/c1-28-13-19(25)23-9-10-24-18(12-23)20(26)22-17-8-7-15(11-16(17)21(24)27)14-5-3-2-4-6-14/h2-8,11,18H,9-10,12-13H2,1H3,(H,22,26)/t18-/m1/s1. The van der Waals surface area contributed by atoms with Crippen LogP contribution in [0.2, 0.25) is 0 Å². The Kier molecular flexibility index (Phi) is 4.83. The molecule has 0 aliphatic carbocycles. The summed E-state index contributed by atoms with van der Waals surface area (Å²) in [5.74, 6) is -0.667. The van der Waals surface area contributed by atoms with Crippen molar-refractivity contribution < 1.29 is 19.1 Å². The number of amides is 3. The molecule has 1 saturated heterocycles. The fourth-order valence-corrected chi connectivity index (χ4v) is 3.70. The summed E-state index contributed by atoms with van der Waals surface area (Å²) >= 11 is 0. The maximum Gasteiger partial charge on any atom is 0.256 e. The van der Waals surface area contributed by atoms with Crippen molar-refractivity contribution in [3.8, 4) is 11.1 Å². The lowest BCUT2D eigenvalue weighted by Gasteiger charge is -2.39. The van der Waals surface area contributed by atoms with E-state index in [2.05, 4.69) is 5.32 Å². The average molecular weight is 379 g/mol. The molecule has 144 valence electrons. The predicted molar refractivity (Wildman–Crippen MR) is 104 cm³/mol. The van der Waals surface area contributed by atoms with Gasteiger partial charge in [-0.25, -0.2) is 0 Å². The molecule has 1 atom stereocenters. The highest BCUT2D eigenvalue weighted by Gasteiger charge is 2.40. The Hall–Kier alpha value is -3.19. The van der Waals surface area contributed by atoms with Crippen LogP contribution in [0.5, 0.6) is 0 Å². The van der Waals surface area contributed by atoms with Crippen molar-refractivity contribution in [2.75, 3.05) is 38.7 Å². The van der Waals surface area contributed by atoms with Crippen LogP contribution in [0.25, 0.3) is 11.1 Å². The van der Waals surface area contributed by atoms with Crippen LogP contribution in [0, 0.1) is 0 Å². The minimum Gasteiger partial charge on any atom is -0.375 e. The largest absolute Gasteiger partial charge is 0.375 e. The van der Waals surface area contributed by atoms with E-state index in [-0.39, 0.29) is 30.9 Å². The Morgan fingerprint density at radius 2 is 1.89 bits per heavy atom. The van der Waals surface area contributed by atoms with Gasteiger partial charge in [-0.2, -0.15) is 0 Å². The molecule has 7 heteroatoms. The van der Waals surface area contributed by atoms with Gasteiger partial charge in [0.1, 0.15) is 12.6 Å². The van der Waals surface area contributed by atoms with Gasteiger partial charge in [-0.15, -0.1) is 0 Å². The summed E-state index contributed by atoms with van der Waals surface area (Å²) in [4.78, 5) is 41.2. The quantitative estimate of drug-likeness (QED) is 0.879. The number of carbonyl (C=O) groups excluding carboxylic acids is 3. The lowest BCUT2D eigenvalue weighted by molar-refractivity contribution is -0.139. The zero-order chi connectivity index (χ0) is 19.7. The number of fused-ring (bicyclic) bond motifs is 2. The molecule has 3 amide bonds. The first-order valence-electron chi connectivity index (χ1n) is 9.16. The van der Waals surface area contributed by atoms with Crippen molar-refractivity contribution in [1.29, 1.82) is 0 Å². The first kappa shape index (κ1) is 18.2. The maximum absolute atomic E-state index is 13.2. The van der Waals surface area contributed by atoms with Crippen molar-refractivity contribution in [2.24, 2.45) is 0 Å². The van der Waals surface area contributed by atoms with E-state index < -0.39 is 6.04 Å². The van der Waals surface area contributed by atoms with E-state index in [1.165, 1.54) is 7.11 Å². The molecular formula is C21H21N3O4. The number of nitrogens with zero attached hydrogens (tertiary/aromatic N) is 2. The van der Waals surface area contributed by atoms with Gasteiger partial charge in [0.2, 0.25) is 11.8 Å². The lowest BCUT2D eigenvalue weighted by Crippen LogP contribution is -2.59. The van der Waals surface area contributed by atoms with Crippen LogP contribution in [-0.4, -0.2) is 66.9 Å². The molecule has 0 aromatic heterocycles. The van der Waals surface area contributed by atoms with E-state index >= 15 is 0 Å². The van der Waals surface area contributed by atoms with E-state index in [1.54, 1.807) is 15.9 Å². The van der Waals surface area contributed by atoms with Gasteiger partial charge < -0.3 is 19.9 Å². The van der Waals surface area contributed by atoms with Crippen molar-refractivity contribution >= 4 is 23.4 Å². The molecule has 1 N–H and O–H groups in total. The smallest absolute Gasteiger partial charge is 0.256 e. The monoisotopic (exact) mass is 379 g/mol. The van der Waals surface area contributed by atoms with Gasteiger partial charge in [0.25, 0.3) is 5.91 Å². The van der Waals surface area contributed by atoms with Gasteiger partial charge in [0, 0.05) is 20.2 Å². The van der Waals surface area contributed by atoms with Gasteiger partial charge in [-0.05, 0) is 23.3 Å². The number of hydrogen-bond donors (Lipinski definition) is 1. The van der Waals surface area contributed by atoms with Gasteiger partial charge in [0.05, 0.1) is 17.8 Å². The van der Waals surface area contributed by atoms with E-state index in [9.17, 15) is 14.4 Å². The molecule has 2 aromatic rings. The fraction of sp³-hybridized carbons (Fsp3) is 0.286. The number of piperazine rings is 1. The zero-order valence-corrected chi connectivity index (χ0v) is 15.6. The summed E-state index contributed by atoms with van der Waals surface area (Å²) in [6.07, 6.45) is 0. The highest BCUT2D eigenvalue weighted by molar-refractivity contribution is 6.10. The first-order chi connectivity index (χ1) is 13.6. The summed E-state index contributed by atoms with van der Waals surface area (Å²) < 4.78 is 4.90. The van der Waals surface area contributed by atoms with E-state index in [0.717, 1.165) is 11.1 Å². The molecule has 0 saturated carbocycles. The summed E-state index contributed by atoms with van der Waals surface area (Å²) in [7, 11) is 1.46. The second-order valence-electron chi connectivity index (χ2n) is 6.90. The predicted octanol–water partition coefficient (Wildman–Crippen LogP) is 1.61. The Labute approximate surface area is 162 Å². The summed E-state index contributed by atoms with van der Waals surface area (Å²) in [5.41, 5.74) is 2.88. The molecule has 7 nitrogen and oxygen atoms in total. The molecule has 0 bridgehead atoms. The SMILES string of the molecule is COCC(=O)N1CCN2C(=O)c3cc(-c4ccccc4)ccc3NC(=O)[C@H]2C1. The van der Waals surface area contributed by atoms with Crippen LogP contribution in [0.3, 0.4) is 0 Å². The molecule has 0 spiro atoms. The Morgan fingerprint density at radius 3 is 2.64 bits per heavy atom. The van der Waals surface area contributed by atoms with Crippen molar-refractivity contribution in [1.82, 2.24) is 9.80 Å². The van der Waals surface area contributed by atoms with E-state index in [1.807, 2.05) is 42.5 Å². The number of anilines is 1. The van der Waals surface area contributed by atoms with Crippen molar-refractivity contribution in [3.63, 3.8) is 0 Å².